The quantitative estimate of drug-likeness (QED) is 0.547. The van der Waals surface area contributed by atoms with Gasteiger partial charge in [0.1, 0.15) is 6.04 Å². The summed E-state index contributed by atoms with van der Waals surface area (Å²) in [4.78, 5) is 22.0. The standard InChI is InChI=1S/C22H32F3N5O/c1-3-26-21(29-12-10-28(11-13-29)17(2)22(23,24)25)27-15-18-6-4-7-19(14-18)16-30-9-5-8-20(30)31/h4,6-7,14,17H,3,5,8-13,15-16H2,1-2H3,(H,26,27). The van der Waals surface area contributed by atoms with Crippen LogP contribution in [0.15, 0.2) is 29.3 Å². The van der Waals surface area contributed by atoms with E-state index in [1.165, 1.54) is 11.8 Å². The predicted molar refractivity (Wildman–Crippen MR) is 115 cm³/mol. The van der Waals surface area contributed by atoms with Gasteiger partial charge >= 0.3 is 6.18 Å². The minimum atomic E-state index is -4.20. The molecule has 1 aromatic rings. The van der Waals surface area contributed by atoms with Crippen molar-refractivity contribution in [2.24, 2.45) is 4.99 Å². The van der Waals surface area contributed by atoms with Gasteiger partial charge in [0.05, 0.1) is 6.54 Å². The first kappa shape index (κ1) is 23.4. The minimum Gasteiger partial charge on any atom is -0.357 e. The molecule has 0 spiro atoms. The molecule has 1 amide bonds. The van der Waals surface area contributed by atoms with E-state index in [-0.39, 0.29) is 5.91 Å². The molecule has 1 atom stereocenters. The maximum absolute atomic E-state index is 13.0. The van der Waals surface area contributed by atoms with Crippen LogP contribution in [0.2, 0.25) is 0 Å². The fourth-order valence-electron chi connectivity index (χ4n) is 4.04. The molecule has 2 saturated heterocycles. The van der Waals surface area contributed by atoms with Crippen molar-refractivity contribution < 1.29 is 18.0 Å². The van der Waals surface area contributed by atoms with E-state index in [1.807, 2.05) is 34.9 Å². The van der Waals surface area contributed by atoms with Gasteiger partial charge in [-0.25, -0.2) is 4.99 Å². The molecular formula is C22H32F3N5O. The number of carbonyl (C=O) groups excluding carboxylic acids is 1. The van der Waals surface area contributed by atoms with Crippen LogP contribution >= 0.6 is 0 Å². The Balaban J connectivity index is 1.60. The summed E-state index contributed by atoms with van der Waals surface area (Å²) in [5, 5.41) is 3.26. The van der Waals surface area contributed by atoms with Crippen molar-refractivity contribution in [3.63, 3.8) is 0 Å². The zero-order valence-corrected chi connectivity index (χ0v) is 18.3. The molecule has 9 heteroatoms. The summed E-state index contributed by atoms with van der Waals surface area (Å²) in [6.07, 6.45) is -2.65. The number of benzene rings is 1. The van der Waals surface area contributed by atoms with Crippen LogP contribution in [-0.2, 0) is 17.9 Å². The number of halogens is 3. The van der Waals surface area contributed by atoms with E-state index in [9.17, 15) is 18.0 Å². The van der Waals surface area contributed by atoms with Crippen LogP contribution < -0.4 is 5.32 Å². The summed E-state index contributed by atoms with van der Waals surface area (Å²) in [6, 6.07) is 6.64. The van der Waals surface area contributed by atoms with Gasteiger partial charge in [-0.2, -0.15) is 13.2 Å². The van der Waals surface area contributed by atoms with Crippen LogP contribution in [0, 0.1) is 0 Å². The van der Waals surface area contributed by atoms with Crippen molar-refractivity contribution in [3.8, 4) is 0 Å². The minimum absolute atomic E-state index is 0.205. The van der Waals surface area contributed by atoms with Gasteiger partial charge in [0.2, 0.25) is 5.91 Å². The molecule has 0 aliphatic carbocycles. The summed E-state index contributed by atoms with van der Waals surface area (Å²) in [6.45, 7) is 7.50. The highest BCUT2D eigenvalue weighted by molar-refractivity contribution is 5.80. The first-order chi connectivity index (χ1) is 14.8. The third-order valence-corrected chi connectivity index (χ3v) is 5.92. The molecule has 2 aliphatic heterocycles. The summed E-state index contributed by atoms with van der Waals surface area (Å²) in [7, 11) is 0. The smallest absolute Gasteiger partial charge is 0.357 e. The SMILES string of the molecule is CCNC(=NCc1cccc(CN2CCCC2=O)c1)N1CCN(C(C)C(F)(F)F)CC1. The Morgan fingerprint density at radius 1 is 1.16 bits per heavy atom. The lowest BCUT2D eigenvalue weighted by Crippen LogP contribution is -2.56. The number of nitrogens with one attached hydrogen (secondary N) is 1. The van der Waals surface area contributed by atoms with Crippen LogP contribution in [0.3, 0.4) is 0 Å². The Bertz CT molecular complexity index is 775. The maximum atomic E-state index is 13.0. The Labute approximate surface area is 182 Å². The van der Waals surface area contributed by atoms with Gasteiger partial charge < -0.3 is 15.1 Å². The van der Waals surface area contributed by atoms with E-state index in [0.29, 0.717) is 52.2 Å². The van der Waals surface area contributed by atoms with Gasteiger partial charge in [0.15, 0.2) is 5.96 Å². The molecule has 2 aliphatic rings. The van der Waals surface area contributed by atoms with Gasteiger partial charge in [-0.05, 0) is 31.4 Å². The molecule has 1 aromatic carbocycles. The number of piperazine rings is 1. The molecular weight excluding hydrogens is 407 g/mol. The zero-order chi connectivity index (χ0) is 22.4. The van der Waals surface area contributed by atoms with Crippen LogP contribution in [0.1, 0.15) is 37.8 Å². The van der Waals surface area contributed by atoms with Crippen molar-refractivity contribution in [3.05, 3.63) is 35.4 Å². The predicted octanol–water partition coefficient (Wildman–Crippen LogP) is 2.84. The Morgan fingerprint density at radius 2 is 1.87 bits per heavy atom. The summed E-state index contributed by atoms with van der Waals surface area (Å²) in [5.41, 5.74) is 2.13. The van der Waals surface area contributed by atoms with Gasteiger partial charge in [0.25, 0.3) is 0 Å². The number of rotatable bonds is 6. The van der Waals surface area contributed by atoms with Crippen molar-refractivity contribution in [2.45, 2.75) is 52.0 Å². The fourth-order valence-corrected chi connectivity index (χ4v) is 4.04. The lowest BCUT2D eigenvalue weighted by molar-refractivity contribution is -0.181. The number of nitrogens with zero attached hydrogens (tertiary/aromatic N) is 4. The molecule has 172 valence electrons. The van der Waals surface area contributed by atoms with Crippen LogP contribution in [0.5, 0.6) is 0 Å². The molecule has 0 saturated carbocycles. The average molecular weight is 440 g/mol. The second-order valence-corrected chi connectivity index (χ2v) is 8.15. The molecule has 3 rings (SSSR count). The topological polar surface area (TPSA) is 51.2 Å². The van der Waals surface area contributed by atoms with Gasteiger partial charge in [0, 0.05) is 52.2 Å². The highest BCUT2D eigenvalue weighted by atomic mass is 19.4. The molecule has 0 aromatic heterocycles. The van der Waals surface area contributed by atoms with E-state index < -0.39 is 12.2 Å². The number of carbonyl (C=O) groups is 1. The fraction of sp³-hybridized carbons (Fsp3) is 0.636. The van der Waals surface area contributed by atoms with Gasteiger partial charge in [-0.1, -0.05) is 24.3 Å². The Morgan fingerprint density at radius 3 is 2.48 bits per heavy atom. The third kappa shape index (κ3) is 6.35. The number of guanidine groups is 1. The number of amides is 1. The molecule has 0 radical (unpaired) electrons. The summed E-state index contributed by atoms with van der Waals surface area (Å²) in [5.74, 6) is 0.929. The van der Waals surface area contributed by atoms with E-state index >= 15 is 0 Å². The highest BCUT2D eigenvalue weighted by Gasteiger charge is 2.41. The normalized spacial score (nSPS) is 19.8. The first-order valence-electron chi connectivity index (χ1n) is 11.0. The van der Waals surface area contributed by atoms with Crippen LogP contribution in [0.4, 0.5) is 13.2 Å². The van der Waals surface area contributed by atoms with Crippen molar-refractivity contribution in [2.75, 3.05) is 39.3 Å². The van der Waals surface area contributed by atoms with Gasteiger partial charge in [-0.3, -0.25) is 9.69 Å². The average Bonchev–Trinajstić information content (AvgIpc) is 3.14. The van der Waals surface area contributed by atoms with Crippen molar-refractivity contribution in [1.82, 2.24) is 20.0 Å². The third-order valence-electron chi connectivity index (χ3n) is 5.92. The first-order valence-corrected chi connectivity index (χ1v) is 11.0. The van der Waals surface area contributed by atoms with E-state index in [0.717, 1.165) is 30.1 Å². The monoisotopic (exact) mass is 439 g/mol. The van der Waals surface area contributed by atoms with Gasteiger partial charge in [-0.15, -0.1) is 0 Å². The molecule has 1 N–H and O–H groups in total. The molecule has 0 bridgehead atoms. The Kier molecular flexibility index (Phi) is 7.80. The van der Waals surface area contributed by atoms with Crippen molar-refractivity contribution >= 4 is 11.9 Å². The maximum Gasteiger partial charge on any atom is 0.403 e. The van der Waals surface area contributed by atoms with E-state index in [4.69, 9.17) is 4.99 Å². The second kappa shape index (κ2) is 10.3. The van der Waals surface area contributed by atoms with E-state index in [2.05, 4.69) is 11.4 Å². The largest absolute Gasteiger partial charge is 0.403 e. The highest BCUT2D eigenvalue weighted by Crippen LogP contribution is 2.25. The Hall–Kier alpha value is -2.29. The second-order valence-electron chi connectivity index (χ2n) is 8.15. The molecule has 2 fully saturated rings. The number of aliphatic imine (C=N–C) groups is 1. The lowest BCUT2D eigenvalue weighted by Gasteiger charge is -2.39. The number of hydrogen-bond donors (Lipinski definition) is 1. The molecule has 31 heavy (non-hydrogen) atoms. The molecule has 1 unspecified atom stereocenters. The molecule has 6 nitrogen and oxygen atoms in total. The van der Waals surface area contributed by atoms with Crippen molar-refractivity contribution in [1.29, 1.82) is 0 Å². The lowest BCUT2D eigenvalue weighted by atomic mass is 10.1. The number of hydrogen-bond acceptors (Lipinski definition) is 3. The molecule has 2 heterocycles. The van der Waals surface area contributed by atoms with Crippen LogP contribution in [-0.4, -0.2) is 78.1 Å². The summed E-state index contributed by atoms with van der Waals surface area (Å²) < 4.78 is 39.0. The van der Waals surface area contributed by atoms with Crippen LogP contribution in [0.25, 0.3) is 0 Å². The summed E-state index contributed by atoms with van der Waals surface area (Å²) >= 11 is 0. The number of alkyl halides is 3. The zero-order valence-electron chi connectivity index (χ0n) is 18.3. The number of likely N-dealkylation sites (tertiary alicyclic amines) is 1. The van der Waals surface area contributed by atoms with E-state index in [1.54, 1.807) is 0 Å².